The molecule has 0 aliphatic rings. The van der Waals surface area contributed by atoms with E-state index in [-0.39, 0.29) is 24.7 Å². The third kappa shape index (κ3) is 3.89. The van der Waals surface area contributed by atoms with Crippen LogP contribution in [-0.2, 0) is 17.8 Å². The van der Waals surface area contributed by atoms with Crippen molar-refractivity contribution in [3.05, 3.63) is 65.5 Å². The van der Waals surface area contributed by atoms with Crippen LogP contribution < -0.4 is 0 Å². The van der Waals surface area contributed by atoms with E-state index < -0.39 is 6.55 Å². The van der Waals surface area contributed by atoms with E-state index in [1.54, 1.807) is 11.7 Å². The minimum Gasteiger partial charge on any atom is -0.338 e. The van der Waals surface area contributed by atoms with Crippen molar-refractivity contribution in [2.24, 2.45) is 0 Å². The second-order valence-corrected chi connectivity index (χ2v) is 6.35. The lowest BCUT2D eigenvalue weighted by molar-refractivity contribution is -0.129. The third-order valence-corrected chi connectivity index (χ3v) is 4.53. The average molecular weight is 373 g/mol. The summed E-state index contributed by atoms with van der Waals surface area (Å²) >= 11 is 0. The number of benzene rings is 1. The first kappa shape index (κ1) is 18.8. The van der Waals surface area contributed by atoms with Crippen LogP contribution in [0.5, 0.6) is 0 Å². The largest absolute Gasteiger partial charge is 0.338 e. The number of aromatic nitrogens is 4. The smallest absolute Gasteiger partial charge is 0.319 e. The van der Waals surface area contributed by atoms with Crippen LogP contribution in [0.3, 0.4) is 0 Å². The normalized spacial score (nSPS) is 11.2. The summed E-state index contributed by atoms with van der Waals surface area (Å²) in [5.41, 5.74) is 3.42. The predicted molar refractivity (Wildman–Crippen MR) is 96.7 cm³/mol. The fourth-order valence-corrected chi connectivity index (χ4v) is 2.98. The molecule has 2 heterocycles. The van der Waals surface area contributed by atoms with Gasteiger partial charge in [-0.25, -0.2) is 9.67 Å². The lowest BCUT2D eigenvalue weighted by atomic mass is 10.1. The van der Waals surface area contributed by atoms with Gasteiger partial charge in [-0.1, -0.05) is 18.2 Å². The van der Waals surface area contributed by atoms with Gasteiger partial charge in [0.1, 0.15) is 5.82 Å². The molecule has 0 unspecified atom stereocenters. The van der Waals surface area contributed by atoms with Crippen LogP contribution >= 0.6 is 0 Å². The Hall–Kier alpha value is -3.03. The molecule has 3 rings (SSSR count). The molecule has 142 valence electrons. The summed E-state index contributed by atoms with van der Waals surface area (Å²) in [6.07, 6.45) is 2.66. The number of likely N-dealkylation sites (N-methyl/N-ethyl adjacent to an activating group) is 1. The number of alkyl halides is 2. The highest BCUT2D eigenvalue weighted by atomic mass is 19.3. The molecule has 0 N–H and O–H groups in total. The Morgan fingerprint density at radius 3 is 2.59 bits per heavy atom. The Balaban J connectivity index is 1.76. The van der Waals surface area contributed by atoms with Crippen molar-refractivity contribution in [1.82, 2.24) is 24.2 Å². The van der Waals surface area contributed by atoms with Gasteiger partial charge in [0.2, 0.25) is 5.91 Å². The van der Waals surface area contributed by atoms with Crippen LogP contribution in [0.4, 0.5) is 8.78 Å². The zero-order valence-corrected chi connectivity index (χ0v) is 15.4. The van der Waals surface area contributed by atoms with Gasteiger partial charge >= 0.3 is 6.55 Å². The number of rotatable bonds is 6. The number of para-hydroxylation sites is 1. The molecule has 0 saturated heterocycles. The molecule has 0 aliphatic carbocycles. The summed E-state index contributed by atoms with van der Waals surface area (Å²) < 4.78 is 28.4. The molecule has 8 heteroatoms. The Morgan fingerprint density at radius 2 is 1.93 bits per heavy atom. The van der Waals surface area contributed by atoms with E-state index in [2.05, 4.69) is 10.1 Å². The van der Waals surface area contributed by atoms with Gasteiger partial charge in [-0.3, -0.25) is 9.36 Å². The summed E-state index contributed by atoms with van der Waals surface area (Å²) in [5, 5.41) is 4.54. The number of hydrogen-bond donors (Lipinski definition) is 0. The van der Waals surface area contributed by atoms with Gasteiger partial charge in [-0.15, -0.1) is 0 Å². The molecule has 0 atom stereocenters. The van der Waals surface area contributed by atoms with Gasteiger partial charge in [-0.05, 0) is 26.0 Å². The van der Waals surface area contributed by atoms with Gasteiger partial charge in [0.25, 0.3) is 0 Å². The van der Waals surface area contributed by atoms with Crippen molar-refractivity contribution in [2.75, 3.05) is 7.05 Å². The van der Waals surface area contributed by atoms with Crippen LogP contribution in [0.15, 0.2) is 42.7 Å². The maximum atomic E-state index is 12.9. The van der Waals surface area contributed by atoms with E-state index in [0.717, 1.165) is 27.2 Å². The first-order valence-corrected chi connectivity index (χ1v) is 8.52. The minimum absolute atomic E-state index is 0.0150. The van der Waals surface area contributed by atoms with Crippen molar-refractivity contribution in [3.63, 3.8) is 0 Å². The van der Waals surface area contributed by atoms with Crippen LogP contribution in [-0.4, -0.2) is 37.2 Å². The molecule has 1 amide bonds. The number of halogens is 2. The number of nitrogens with zero attached hydrogens (tertiary/aromatic N) is 5. The molecule has 3 aromatic rings. The summed E-state index contributed by atoms with van der Waals surface area (Å²) in [6.45, 7) is 1.11. The number of aryl methyl sites for hydroxylation is 1. The fourth-order valence-electron chi connectivity index (χ4n) is 2.98. The molecule has 0 radical (unpaired) electrons. The number of amides is 1. The highest BCUT2D eigenvalue weighted by molar-refractivity contribution is 5.79. The van der Waals surface area contributed by atoms with E-state index in [4.69, 9.17) is 0 Å². The number of imidazole rings is 1. The molecule has 0 saturated carbocycles. The molecule has 0 fully saturated rings. The first-order valence-electron chi connectivity index (χ1n) is 8.52. The minimum atomic E-state index is -2.68. The standard InChI is InChI=1S/C19H21F2N5O/c1-13-16(14(2)26(23-13)15-7-5-4-6-8-15)11-18(27)24(3)12-17-22-9-10-25(17)19(20)21/h4-10,19H,11-12H2,1-3H3. The molecule has 6 nitrogen and oxygen atoms in total. The van der Waals surface area contributed by atoms with Gasteiger partial charge in [0.05, 0.1) is 24.3 Å². The van der Waals surface area contributed by atoms with Crippen LogP contribution in [0.1, 0.15) is 29.3 Å². The zero-order chi connectivity index (χ0) is 19.6. The molecule has 1 aromatic carbocycles. The van der Waals surface area contributed by atoms with Gasteiger partial charge < -0.3 is 4.90 Å². The van der Waals surface area contributed by atoms with E-state index >= 15 is 0 Å². The Kier molecular flexibility index (Phi) is 5.34. The molecule has 0 spiro atoms. The Bertz CT molecular complexity index is 933. The van der Waals surface area contributed by atoms with Crippen molar-refractivity contribution >= 4 is 5.91 Å². The van der Waals surface area contributed by atoms with E-state index in [0.29, 0.717) is 0 Å². The molecule has 27 heavy (non-hydrogen) atoms. The summed E-state index contributed by atoms with van der Waals surface area (Å²) in [4.78, 5) is 18.0. The SMILES string of the molecule is Cc1nn(-c2ccccc2)c(C)c1CC(=O)N(C)Cc1nccn1C(F)F. The molecule has 2 aromatic heterocycles. The molecule has 0 bridgehead atoms. The molecule has 0 aliphatic heterocycles. The van der Waals surface area contributed by atoms with E-state index in [1.165, 1.54) is 17.3 Å². The van der Waals surface area contributed by atoms with Gasteiger partial charge in [0, 0.05) is 30.7 Å². The maximum Gasteiger partial charge on any atom is 0.319 e. The summed E-state index contributed by atoms with van der Waals surface area (Å²) in [6, 6.07) is 9.67. The average Bonchev–Trinajstić information content (AvgIpc) is 3.22. The third-order valence-electron chi connectivity index (χ3n) is 4.53. The Morgan fingerprint density at radius 1 is 1.22 bits per heavy atom. The van der Waals surface area contributed by atoms with Crippen molar-refractivity contribution < 1.29 is 13.6 Å². The first-order chi connectivity index (χ1) is 12.9. The molecular weight excluding hydrogens is 352 g/mol. The van der Waals surface area contributed by atoms with Crippen molar-refractivity contribution in [2.45, 2.75) is 33.4 Å². The monoisotopic (exact) mass is 373 g/mol. The second kappa shape index (κ2) is 7.69. The maximum absolute atomic E-state index is 12.9. The number of carbonyl (C=O) groups excluding carboxylic acids is 1. The fraction of sp³-hybridized carbons (Fsp3) is 0.316. The van der Waals surface area contributed by atoms with Crippen LogP contribution in [0.2, 0.25) is 0 Å². The Labute approximate surface area is 156 Å². The summed E-state index contributed by atoms with van der Waals surface area (Å²) in [5.74, 6) is -0.0353. The highest BCUT2D eigenvalue weighted by Crippen LogP contribution is 2.19. The summed E-state index contributed by atoms with van der Waals surface area (Å²) in [7, 11) is 1.58. The number of hydrogen-bond acceptors (Lipinski definition) is 3. The lowest BCUT2D eigenvalue weighted by Gasteiger charge is -2.18. The second-order valence-electron chi connectivity index (χ2n) is 6.35. The topological polar surface area (TPSA) is 56.0 Å². The van der Waals surface area contributed by atoms with Crippen molar-refractivity contribution in [1.29, 1.82) is 0 Å². The highest BCUT2D eigenvalue weighted by Gasteiger charge is 2.20. The van der Waals surface area contributed by atoms with E-state index in [1.807, 2.05) is 44.2 Å². The number of carbonyl (C=O) groups is 1. The van der Waals surface area contributed by atoms with E-state index in [9.17, 15) is 13.6 Å². The van der Waals surface area contributed by atoms with Crippen LogP contribution in [0.25, 0.3) is 5.69 Å². The van der Waals surface area contributed by atoms with Crippen LogP contribution in [0, 0.1) is 13.8 Å². The van der Waals surface area contributed by atoms with Gasteiger partial charge in [-0.2, -0.15) is 13.9 Å². The van der Waals surface area contributed by atoms with Gasteiger partial charge in [0.15, 0.2) is 0 Å². The van der Waals surface area contributed by atoms with Crippen molar-refractivity contribution in [3.8, 4) is 5.69 Å². The zero-order valence-electron chi connectivity index (χ0n) is 15.4. The lowest BCUT2D eigenvalue weighted by Crippen LogP contribution is -2.29. The quantitative estimate of drug-likeness (QED) is 0.666. The predicted octanol–water partition coefficient (Wildman–Crippen LogP) is 3.28. The molecular formula is C19H21F2N5O.